The highest BCUT2D eigenvalue weighted by Gasteiger charge is 2.40. The van der Waals surface area contributed by atoms with Crippen molar-refractivity contribution in [1.29, 1.82) is 0 Å². The molecular formula is C15H28N2O2. The van der Waals surface area contributed by atoms with Crippen LogP contribution in [0.25, 0.3) is 0 Å². The molecular weight excluding hydrogens is 240 g/mol. The molecule has 0 aromatic carbocycles. The van der Waals surface area contributed by atoms with E-state index in [9.17, 15) is 4.79 Å². The summed E-state index contributed by atoms with van der Waals surface area (Å²) in [4.78, 5) is 12.5. The van der Waals surface area contributed by atoms with E-state index in [0.29, 0.717) is 6.61 Å². The maximum atomic E-state index is 12.5. The SMILES string of the molecule is COCCC1(C(=O)NCCC2CCNC2)CCCC1. The Balaban J connectivity index is 1.75. The quantitative estimate of drug-likeness (QED) is 0.739. The first kappa shape index (κ1) is 14.8. The van der Waals surface area contributed by atoms with Crippen LogP contribution in [-0.4, -0.2) is 39.3 Å². The van der Waals surface area contributed by atoms with Crippen molar-refractivity contribution in [3.8, 4) is 0 Å². The summed E-state index contributed by atoms with van der Waals surface area (Å²) in [7, 11) is 1.72. The lowest BCUT2D eigenvalue weighted by molar-refractivity contribution is -0.131. The van der Waals surface area contributed by atoms with E-state index in [1.807, 2.05) is 0 Å². The lowest BCUT2D eigenvalue weighted by Crippen LogP contribution is -2.40. The molecule has 0 aromatic heterocycles. The van der Waals surface area contributed by atoms with Crippen molar-refractivity contribution in [2.24, 2.45) is 11.3 Å². The van der Waals surface area contributed by atoms with Gasteiger partial charge in [-0.1, -0.05) is 12.8 Å². The average molecular weight is 268 g/mol. The van der Waals surface area contributed by atoms with Crippen molar-refractivity contribution < 1.29 is 9.53 Å². The fourth-order valence-electron chi connectivity index (χ4n) is 3.48. The van der Waals surface area contributed by atoms with Crippen LogP contribution in [0, 0.1) is 11.3 Å². The van der Waals surface area contributed by atoms with E-state index >= 15 is 0 Å². The van der Waals surface area contributed by atoms with E-state index in [4.69, 9.17) is 4.74 Å². The molecule has 1 aliphatic carbocycles. The van der Waals surface area contributed by atoms with Gasteiger partial charge in [0.1, 0.15) is 0 Å². The zero-order valence-electron chi connectivity index (χ0n) is 12.2. The van der Waals surface area contributed by atoms with Crippen LogP contribution in [0.5, 0.6) is 0 Å². The van der Waals surface area contributed by atoms with Gasteiger partial charge in [-0.2, -0.15) is 0 Å². The van der Waals surface area contributed by atoms with E-state index in [2.05, 4.69) is 10.6 Å². The van der Waals surface area contributed by atoms with E-state index in [1.54, 1.807) is 7.11 Å². The van der Waals surface area contributed by atoms with Crippen molar-refractivity contribution in [1.82, 2.24) is 10.6 Å². The Hall–Kier alpha value is -0.610. The summed E-state index contributed by atoms with van der Waals surface area (Å²) in [6.45, 7) is 3.78. The molecule has 1 amide bonds. The van der Waals surface area contributed by atoms with Crippen LogP contribution in [0.1, 0.15) is 44.9 Å². The van der Waals surface area contributed by atoms with Crippen molar-refractivity contribution in [2.75, 3.05) is 33.4 Å². The Labute approximate surface area is 116 Å². The Kier molecular flexibility index (Phi) is 5.64. The fourth-order valence-corrected chi connectivity index (χ4v) is 3.48. The summed E-state index contributed by atoms with van der Waals surface area (Å²) in [5, 5.41) is 6.55. The third-order valence-corrected chi connectivity index (χ3v) is 4.83. The summed E-state index contributed by atoms with van der Waals surface area (Å²) in [6, 6.07) is 0. The van der Waals surface area contributed by atoms with Crippen LogP contribution in [0.2, 0.25) is 0 Å². The molecule has 0 spiro atoms. The van der Waals surface area contributed by atoms with Crippen molar-refractivity contribution in [2.45, 2.75) is 44.9 Å². The highest BCUT2D eigenvalue weighted by molar-refractivity contribution is 5.82. The largest absolute Gasteiger partial charge is 0.385 e. The highest BCUT2D eigenvalue weighted by atomic mass is 16.5. The summed E-state index contributed by atoms with van der Waals surface area (Å²) < 4.78 is 5.18. The van der Waals surface area contributed by atoms with Gasteiger partial charge in [-0.15, -0.1) is 0 Å². The van der Waals surface area contributed by atoms with E-state index in [1.165, 1.54) is 19.3 Å². The Morgan fingerprint density at radius 1 is 1.42 bits per heavy atom. The van der Waals surface area contributed by atoms with Crippen LogP contribution in [0.15, 0.2) is 0 Å². The first-order valence-corrected chi connectivity index (χ1v) is 7.75. The first-order valence-electron chi connectivity index (χ1n) is 7.75. The zero-order valence-corrected chi connectivity index (χ0v) is 12.2. The second-order valence-corrected chi connectivity index (χ2v) is 6.13. The topological polar surface area (TPSA) is 50.4 Å². The molecule has 2 N–H and O–H groups in total. The van der Waals surface area contributed by atoms with Gasteiger partial charge in [-0.05, 0) is 51.1 Å². The maximum absolute atomic E-state index is 12.5. The number of nitrogens with one attached hydrogen (secondary N) is 2. The third-order valence-electron chi connectivity index (χ3n) is 4.83. The molecule has 0 radical (unpaired) electrons. The van der Waals surface area contributed by atoms with Crippen molar-refractivity contribution in [3.63, 3.8) is 0 Å². The molecule has 2 fully saturated rings. The summed E-state index contributed by atoms with van der Waals surface area (Å²) in [6.07, 6.45) is 7.68. The van der Waals surface area contributed by atoms with Gasteiger partial charge in [0, 0.05) is 20.3 Å². The molecule has 0 bridgehead atoms. The number of hydrogen-bond donors (Lipinski definition) is 2. The molecule has 2 aliphatic rings. The van der Waals surface area contributed by atoms with Crippen molar-refractivity contribution in [3.05, 3.63) is 0 Å². The van der Waals surface area contributed by atoms with Gasteiger partial charge in [0.05, 0.1) is 5.41 Å². The molecule has 1 saturated carbocycles. The van der Waals surface area contributed by atoms with E-state index in [-0.39, 0.29) is 11.3 Å². The smallest absolute Gasteiger partial charge is 0.226 e. The molecule has 110 valence electrons. The summed E-state index contributed by atoms with van der Waals surface area (Å²) in [5.41, 5.74) is -0.135. The zero-order chi connectivity index (χ0) is 13.6. The molecule has 1 unspecified atom stereocenters. The molecule has 1 saturated heterocycles. The molecule has 19 heavy (non-hydrogen) atoms. The molecule has 1 aliphatic heterocycles. The lowest BCUT2D eigenvalue weighted by Gasteiger charge is -2.27. The number of carbonyl (C=O) groups is 1. The second-order valence-electron chi connectivity index (χ2n) is 6.13. The predicted octanol–water partition coefficient (Wildman–Crippen LogP) is 1.70. The molecule has 1 atom stereocenters. The number of rotatable bonds is 7. The lowest BCUT2D eigenvalue weighted by atomic mass is 9.82. The minimum atomic E-state index is -0.135. The van der Waals surface area contributed by atoms with Gasteiger partial charge in [0.2, 0.25) is 5.91 Å². The first-order chi connectivity index (χ1) is 9.27. The number of amides is 1. The number of ether oxygens (including phenoxy) is 1. The fraction of sp³-hybridized carbons (Fsp3) is 0.933. The summed E-state index contributed by atoms with van der Waals surface area (Å²) >= 11 is 0. The van der Waals surface area contributed by atoms with Crippen LogP contribution in [-0.2, 0) is 9.53 Å². The minimum absolute atomic E-state index is 0.135. The Morgan fingerprint density at radius 2 is 2.21 bits per heavy atom. The van der Waals surface area contributed by atoms with Crippen LogP contribution < -0.4 is 10.6 Å². The minimum Gasteiger partial charge on any atom is -0.385 e. The van der Waals surface area contributed by atoms with Gasteiger partial charge in [-0.25, -0.2) is 0 Å². The molecule has 4 nitrogen and oxygen atoms in total. The van der Waals surface area contributed by atoms with Crippen LogP contribution >= 0.6 is 0 Å². The van der Waals surface area contributed by atoms with Crippen molar-refractivity contribution >= 4 is 5.91 Å². The summed E-state index contributed by atoms with van der Waals surface area (Å²) in [5.74, 6) is 1.02. The second kappa shape index (κ2) is 7.25. The van der Waals surface area contributed by atoms with E-state index in [0.717, 1.165) is 51.2 Å². The third kappa shape index (κ3) is 3.93. The Bertz CT molecular complexity index is 282. The predicted molar refractivity (Wildman–Crippen MR) is 76.0 cm³/mol. The van der Waals surface area contributed by atoms with Crippen LogP contribution in [0.3, 0.4) is 0 Å². The number of carbonyl (C=O) groups excluding carboxylic acids is 1. The molecule has 2 rings (SSSR count). The number of hydrogen-bond acceptors (Lipinski definition) is 3. The normalized spacial score (nSPS) is 25.6. The maximum Gasteiger partial charge on any atom is 0.226 e. The molecule has 1 heterocycles. The standard InChI is InChI=1S/C15H28N2O2/c1-19-11-8-15(6-2-3-7-15)14(18)17-10-5-13-4-9-16-12-13/h13,16H,2-12H2,1H3,(H,17,18). The van der Waals surface area contributed by atoms with Crippen LogP contribution in [0.4, 0.5) is 0 Å². The molecule has 0 aromatic rings. The monoisotopic (exact) mass is 268 g/mol. The number of methoxy groups -OCH3 is 1. The van der Waals surface area contributed by atoms with Gasteiger partial charge < -0.3 is 15.4 Å². The molecule has 4 heteroatoms. The highest BCUT2D eigenvalue weighted by Crippen LogP contribution is 2.41. The average Bonchev–Trinajstić information content (AvgIpc) is 3.08. The van der Waals surface area contributed by atoms with Gasteiger partial charge in [0.15, 0.2) is 0 Å². The van der Waals surface area contributed by atoms with E-state index < -0.39 is 0 Å². The van der Waals surface area contributed by atoms with Gasteiger partial charge >= 0.3 is 0 Å². The van der Waals surface area contributed by atoms with Gasteiger partial charge in [-0.3, -0.25) is 4.79 Å². The van der Waals surface area contributed by atoms with Gasteiger partial charge in [0.25, 0.3) is 0 Å². The Morgan fingerprint density at radius 3 is 2.84 bits per heavy atom.